The van der Waals surface area contributed by atoms with Gasteiger partial charge in [0.1, 0.15) is 11.4 Å². The predicted octanol–water partition coefficient (Wildman–Crippen LogP) is 1.53. The van der Waals surface area contributed by atoms with Gasteiger partial charge >= 0.3 is 5.97 Å². The van der Waals surface area contributed by atoms with Gasteiger partial charge in [-0.05, 0) is 32.4 Å². The molecule has 0 amide bonds. The van der Waals surface area contributed by atoms with Crippen LogP contribution in [0.25, 0.3) is 0 Å². The van der Waals surface area contributed by atoms with E-state index in [1.165, 1.54) is 0 Å². The number of hydrogen-bond donors (Lipinski definition) is 2. The van der Waals surface area contributed by atoms with Crippen LogP contribution < -0.4 is 5.32 Å². The third-order valence-electron chi connectivity index (χ3n) is 3.58. The van der Waals surface area contributed by atoms with Crippen molar-refractivity contribution in [2.24, 2.45) is 0 Å². The first-order valence-electron chi connectivity index (χ1n) is 7.25. The standard InChI is InChI=1S/C15H23N3O3/c1-10-8-11(2)16-14(13(10)15(19)20)17-12(3)9-18-4-6-21-7-5-18/h8,12H,4-7,9H2,1-3H3,(H,16,17)(H,19,20). The van der Waals surface area contributed by atoms with Crippen LogP contribution in [0.3, 0.4) is 0 Å². The lowest BCUT2D eigenvalue weighted by atomic mass is 10.1. The van der Waals surface area contributed by atoms with Crippen molar-refractivity contribution >= 4 is 11.8 Å². The number of nitrogens with zero attached hydrogens (tertiary/aromatic N) is 2. The third kappa shape index (κ3) is 4.15. The molecule has 0 spiro atoms. The van der Waals surface area contributed by atoms with Crippen LogP contribution in [-0.2, 0) is 4.74 Å². The summed E-state index contributed by atoms with van der Waals surface area (Å²) in [6, 6.07) is 1.91. The average molecular weight is 293 g/mol. The topological polar surface area (TPSA) is 74.7 Å². The highest BCUT2D eigenvalue weighted by Crippen LogP contribution is 2.19. The van der Waals surface area contributed by atoms with Crippen LogP contribution in [0, 0.1) is 13.8 Å². The maximum Gasteiger partial charge on any atom is 0.339 e. The molecule has 0 aliphatic carbocycles. The van der Waals surface area contributed by atoms with Crippen molar-refractivity contribution in [1.29, 1.82) is 0 Å². The van der Waals surface area contributed by atoms with Crippen molar-refractivity contribution in [3.63, 3.8) is 0 Å². The van der Waals surface area contributed by atoms with Crippen LogP contribution in [-0.4, -0.2) is 59.8 Å². The molecule has 1 unspecified atom stereocenters. The highest BCUT2D eigenvalue weighted by molar-refractivity contribution is 5.94. The fraction of sp³-hybridized carbons (Fsp3) is 0.600. The first kappa shape index (κ1) is 15.7. The summed E-state index contributed by atoms with van der Waals surface area (Å²) >= 11 is 0. The van der Waals surface area contributed by atoms with Gasteiger partial charge in [-0.2, -0.15) is 0 Å². The largest absolute Gasteiger partial charge is 0.478 e. The minimum atomic E-state index is -0.943. The van der Waals surface area contributed by atoms with Crippen molar-refractivity contribution in [3.05, 3.63) is 22.9 Å². The fourth-order valence-corrected chi connectivity index (χ4v) is 2.66. The molecule has 0 bridgehead atoms. The number of nitrogens with one attached hydrogen (secondary N) is 1. The minimum absolute atomic E-state index is 0.120. The van der Waals surface area contributed by atoms with Gasteiger partial charge in [-0.25, -0.2) is 9.78 Å². The number of carbonyl (C=O) groups is 1. The molecule has 21 heavy (non-hydrogen) atoms. The molecule has 1 aliphatic heterocycles. The second kappa shape index (κ2) is 6.87. The number of pyridine rings is 1. The summed E-state index contributed by atoms with van der Waals surface area (Å²) in [6.07, 6.45) is 0. The number of ether oxygens (including phenoxy) is 1. The zero-order valence-electron chi connectivity index (χ0n) is 12.8. The van der Waals surface area contributed by atoms with Crippen LogP contribution in [0.2, 0.25) is 0 Å². The molecule has 1 aromatic heterocycles. The van der Waals surface area contributed by atoms with E-state index in [0.717, 1.165) is 44.1 Å². The third-order valence-corrected chi connectivity index (χ3v) is 3.58. The second-order valence-corrected chi connectivity index (χ2v) is 5.57. The fourth-order valence-electron chi connectivity index (χ4n) is 2.66. The Balaban J connectivity index is 2.08. The lowest BCUT2D eigenvalue weighted by Crippen LogP contribution is -2.42. The zero-order chi connectivity index (χ0) is 15.4. The first-order valence-corrected chi connectivity index (χ1v) is 7.25. The highest BCUT2D eigenvalue weighted by Gasteiger charge is 2.19. The number of aromatic carboxylic acids is 1. The molecular weight excluding hydrogens is 270 g/mol. The predicted molar refractivity (Wildman–Crippen MR) is 81.0 cm³/mol. The summed E-state index contributed by atoms with van der Waals surface area (Å²) < 4.78 is 5.33. The molecule has 1 saturated heterocycles. The van der Waals surface area contributed by atoms with Gasteiger partial charge in [0.15, 0.2) is 0 Å². The molecule has 2 heterocycles. The summed E-state index contributed by atoms with van der Waals surface area (Å²) in [5, 5.41) is 12.6. The Hall–Kier alpha value is -1.66. The van der Waals surface area contributed by atoms with E-state index >= 15 is 0 Å². The number of carboxylic acid groups (broad SMARTS) is 1. The summed E-state index contributed by atoms with van der Waals surface area (Å²) in [6.45, 7) is 9.91. The van der Waals surface area contributed by atoms with E-state index in [1.807, 2.05) is 13.8 Å². The number of anilines is 1. The number of hydrogen-bond acceptors (Lipinski definition) is 5. The molecule has 2 rings (SSSR count). The van der Waals surface area contributed by atoms with Crippen LogP contribution in [0.5, 0.6) is 0 Å². The van der Waals surface area contributed by atoms with Crippen LogP contribution >= 0.6 is 0 Å². The number of carboxylic acids is 1. The lowest BCUT2D eigenvalue weighted by Gasteiger charge is -2.29. The van der Waals surface area contributed by atoms with Gasteiger partial charge in [0.2, 0.25) is 0 Å². The molecule has 1 fully saturated rings. The van der Waals surface area contributed by atoms with E-state index in [4.69, 9.17) is 4.74 Å². The Labute approximate surface area is 125 Å². The van der Waals surface area contributed by atoms with Gasteiger partial charge < -0.3 is 15.2 Å². The van der Waals surface area contributed by atoms with Crippen molar-refractivity contribution in [2.45, 2.75) is 26.8 Å². The van der Waals surface area contributed by atoms with Crippen molar-refractivity contribution in [2.75, 3.05) is 38.2 Å². The molecular formula is C15H23N3O3. The van der Waals surface area contributed by atoms with Gasteiger partial charge in [-0.3, -0.25) is 4.90 Å². The Bertz CT molecular complexity index is 513. The van der Waals surface area contributed by atoms with Crippen LogP contribution in [0.1, 0.15) is 28.5 Å². The lowest BCUT2D eigenvalue weighted by molar-refractivity contribution is 0.0368. The maximum atomic E-state index is 11.4. The molecule has 0 saturated carbocycles. The van der Waals surface area contributed by atoms with E-state index in [0.29, 0.717) is 5.82 Å². The Morgan fingerprint density at radius 3 is 2.76 bits per heavy atom. The average Bonchev–Trinajstić information content (AvgIpc) is 2.38. The van der Waals surface area contributed by atoms with E-state index in [-0.39, 0.29) is 11.6 Å². The summed E-state index contributed by atoms with van der Waals surface area (Å²) in [5.74, 6) is -0.484. The van der Waals surface area contributed by atoms with E-state index < -0.39 is 5.97 Å². The zero-order valence-corrected chi connectivity index (χ0v) is 12.8. The molecule has 116 valence electrons. The molecule has 0 radical (unpaired) electrons. The molecule has 0 aromatic carbocycles. The maximum absolute atomic E-state index is 11.4. The summed E-state index contributed by atoms with van der Waals surface area (Å²) in [4.78, 5) is 18.1. The number of rotatable bonds is 5. The van der Waals surface area contributed by atoms with E-state index in [9.17, 15) is 9.90 Å². The Kier molecular flexibility index (Phi) is 5.14. The van der Waals surface area contributed by atoms with Crippen molar-refractivity contribution in [3.8, 4) is 0 Å². The SMILES string of the molecule is Cc1cc(C)c(C(=O)O)c(NC(C)CN2CCOCC2)n1. The van der Waals surface area contributed by atoms with Gasteiger partial charge in [0, 0.05) is 31.4 Å². The van der Waals surface area contributed by atoms with Crippen molar-refractivity contribution < 1.29 is 14.6 Å². The molecule has 6 heteroatoms. The Morgan fingerprint density at radius 2 is 2.14 bits per heavy atom. The molecule has 6 nitrogen and oxygen atoms in total. The Morgan fingerprint density at radius 1 is 1.48 bits per heavy atom. The van der Waals surface area contributed by atoms with Crippen LogP contribution in [0.15, 0.2) is 6.07 Å². The smallest absolute Gasteiger partial charge is 0.339 e. The quantitative estimate of drug-likeness (QED) is 0.857. The molecule has 2 N–H and O–H groups in total. The summed E-state index contributed by atoms with van der Waals surface area (Å²) in [7, 11) is 0. The van der Waals surface area contributed by atoms with Gasteiger partial charge in [0.25, 0.3) is 0 Å². The van der Waals surface area contributed by atoms with E-state index in [2.05, 4.69) is 15.2 Å². The number of aryl methyl sites for hydroxylation is 2. The number of morpholine rings is 1. The first-order chi connectivity index (χ1) is 9.97. The summed E-state index contributed by atoms with van der Waals surface area (Å²) in [5.41, 5.74) is 1.81. The molecule has 1 aliphatic rings. The normalized spacial score (nSPS) is 17.5. The van der Waals surface area contributed by atoms with Crippen LogP contribution in [0.4, 0.5) is 5.82 Å². The molecule has 1 aromatic rings. The molecule has 1 atom stereocenters. The number of aromatic nitrogens is 1. The van der Waals surface area contributed by atoms with Crippen molar-refractivity contribution in [1.82, 2.24) is 9.88 Å². The van der Waals surface area contributed by atoms with E-state index in [1.54, 1.807) is 13.0 Å². The highest BCUT2D eigenvalue weighted by atomic mass is 16.5. The second-order valence-electron chi connectivity index (χ2n) is 5.57. The minimum Gasteiger partial charge on any atom is -0.478 e. The van der Waals surface area contributed by atoms with Gasteiger partial charge in [-0.1, -0.05) is 0 Å². The van der Waals surface area contributed by atoms with Gasteiger partial charge in [-0.15, -0.1) is 0 Å². The van der Waals surface area contributed by atoms with Gasteiger partial charge in [0.05, 0.1) is 13.2 Å². The monoisotopic (exact) mass is 293 g/mol.